The van der Waals surface area contributed by atoms with Crippen LogP contribution < -0.4 is 10.2 Å². The summed E-state index contributed by atoms with van der Waals surface area (Å²) in [6.45, 7) is 3.34. The minimum Gasteiger partial charge on any atom is -0.611 e. The largest absolute Gasteiger partial charge is 0.611 e. The van der Waals surface area contributed by atoms with Crippen LogP contribution in [0.15, 0.2) is 17.0 Å². The van der Waals surface area contributed by atoms with Gasteiger partial charge in [0.05, 0.1) is 11.4 Å². The third-order valence-electron chi connectivity index (χ3n) is 7.00. The van der Waals surface area contributed by atoms with Gasteiger partial charge < -0.3 is 19.5 Å². The number of allylic oxidation sites excluding steroid dienone is 1. The number of fused-ring (bicyclic) bond motifs is 1. The Balaban J connectivity index is 1.16. The van der Waals surface area contributed by atoms with Gasteiger partial charge in [0.25, 0.3) is 0 Å². The van der Waals surface area contributed by atoms with Crippen LogP contribution in [-0.2, 0) is 22.3 Å². The predicted octanol–water partition coefficient (Wildman–Crippen LogP) is 3.32. The van der Waals surface area contributed by atoms with E-state index in [9.17, 15) is 4.55 Å². The van der Waals surface area contributed by atoms with Gasteiger partial charge in [0.2, 0.25) is 10.8 Å². The third-order valence-corrected chi connectivity index (χ3v) is 9.60. The van der Waals surface area contributed by atoms with E-state index in [1.54, 1.807) is 0 Å². The molecule has 2 N–H and O–H groups in total. The van der Waals surface area contributed by atoms with E-state index in [1.165, 1.54) is 16.4 Å². The number of piperidine rings is 1. The van der Waals surface area contributed by atoms with Crippen LogP contribution in [-0.4, -0.2) is 68.6 Å². The topological polar surface area (TPSA) is 102 Å². The Kier molecular flexibility index (Phi) is 6.25. The van der Waals surface area contributed by atoms with Crippen LogP contribution in [0.3, 0.4) is 0 Å². The Labute approximate surface area is 201 Å². The van der Waals surface area contributed by atoms with Crippen molar-refractivity contribution in [2.24, 2.45) is 0 Å². The fourth-order valence-corrected chi connectivity index (χ4v) is 7.38. The van der Waals surface area contributed by atoms with E-state index in [2.05, 4.69) is 32.6 Å². The van der Waals surface area contributed by atoms with Gasteiger partial charge in [-0.05, 0) is 49.3 Å². The highest BCUT2D eigenvalue weighted by Crippen LogP contribution is 2.37. The highest BCUT2D eigenvalue weighted by Gasteiger charge is 2.34. The molecular weight excluding hydrogens is 456 g/mol. The van der Waals surface area contributed by atoms with Crippen molar-refractivity contribution in [2.75, 3.05) is 48.0 Å². The second-order valence-corrected chi connectivity index (χ2v) is 11.8. The summed E-state index contributed by atoms with van der Waals surface area (Å²) in [4.78, 5) is 14.2. The van der Waals surface area contributed by atoms with Crippen LogP contribution in [0.1, 0.15) is 55.1 Å². The zero-order chi connectivity index (χ0) is 22.2. The summed E-state index contributed by atoms with van der Waals surface area (Å²) in [5, 5.41) is 11.5. The zero-order valence-corrected chi connectivity index (χ0v) is 20.3. The molecule has 0 aliphatic carbocycles. The number of aromatic nitrogens is 4. The first-order chi connectivity index (χ1) is 16.2. The highest BCUT2D eigenvalue weighted by molar-refractivity contribution is 8.08. The standard InChI is InChI=1S/C23H30N6O2S2/c30-33-13-7-17-21(33)22(24-16-5-10-31-11-6-16)26-23(25-17)29-8-3-15(4-9-29)18-14-19(28-27-18)20-2-1-12-32-20/h2,14-16H,1,3-13H2,(H,27,28)(H,24,25,26). The van der Waals surface area contributed by atoms with E-state index in [1.807, 2.05) is 11.8 Å². The van der Waals surface area contributed by atoms with Crippen LogP contribution in [0.25, 0.3) is 4.91 Å². The normalized spacial score (nSPS) is 24.2. The summed E-state index contributed by atoms with van der Waals surface area (Å²) in [7, 11) is 0. The smallest absolute Gasteiger partial charge is 0.227 e. The lowest BCUT2D eigenvalue weighted by Gasteiger charge is -2.32. The van der Waals surface area contributed by atoms with Crippen LogP contribution in [0, 0.1) is 0 Å². The van der Waals surface area contributed by atoms with Gasteiger partial charge in [0.1, 0.15) is 11.4 Å². The summed E-state index contributed by atoms with van der Waals surface area (Å²) >= 11 is 0.895. The van der Waals surface area contributed by atoms with Crippen LogP contribution in [0.4, 0.5) is 11.8 Å². The molecule has 0 amide bonds. The molecule has 6 rings (SSSR count). The van der Waals surface area contributed by atoms with E-state index in [0.717, 1.165) is 92.9 Å². The highest BCUT2D eigenvalue weighted by atomic mass is 32.2. The van der Waals surface area contributed by atoms with Crippen molar-refractivity contribution < 1.29 is 9.29 Å². The Hall–Kier alpha value is -1.75. The van der Waals surface area contributed by atoms with Crippen LogP contribution in [0.5, 0.6) is 0 Å². The minimum absolute atomic E-state index is 0.316. The van der Waals surface area contributed by atoms with Gasteiger partial charge in [-0.15, -0.1) is 11.8 Å². The average Bonchev–Trinajstić information content (AvgIpc) is 3.61. The maximum absolute atomic E-state index is 12.7. The maximum atomic E-state index is 12.7. The van der Waals surface area contributed by atoms with Gasteiger partial charge in [-0.2, -0.15) is 10.1 Å². The molecule has 2 aromatic rings. The first kappa shape index (κ1) is 21.8. The number of nitrogens with one attached hydrogen (secondary N) is 2. The molecule has 2 saturated heterocycles. The Morgan fingerprint density at radius 3 is 2.82 bits per heavy atom. The fraction of sp³-hybridized carbons (Fsp3) is 0.609. The summed E-state index contributed by atoms with van der Waals surface area (Å²) in [5.41, 5.74) is 3.29. The quantitative estimate of drug-likeness (QED) is 0.621. The lowest BCUT2D eigenvalue weighted by Crippen LogP contribution is -2.35. The van der Waals surface area contributed by atoms with Crippen molar-refractivity contribution >= 4 is 39.6 Å². The van der Waals surface area contributed by atoms with E-state index >= 15 is 0 Å². The average molecular weight is 487 g/mol. The molecule has 1 unspecified atom stereocenters. The van der Waals surface area contributed by atoms with Gasteiger partial charge in [0.15, 0.2) is 5.82 Å². The van der Waals surface area contributed by atoms with Gasteiger partial charge in [-0.25, -0.2) is 4.98 Å². The number of ether oxygens (including phenoxy) is 1. The lowest BCUT2D eigenvalue weighted by atomic mass is 9.93. The molecule has 10 heteroatoms. The number of hydrogen-bond acceptors (Lipinski definition) is 8. The Morgan fingerprint density at radius 1 is 1.18 bits per heavy atom. The molecule has 8 nitrogen and oxygen atoms in total. The number of thioether (sulfide) groups is 1. The van der Waals surface area contributed by atoms with E-state index in [-0.39, 0.29) is 0 Å². The Bertz CT molecular complexity index is 1030. The van der Waals surface area contributed by atoms with Gasteiger partial charge in [-0.1, -0.05) is 6.08 Å². The van der Waals surface area contributed by atoms with Crippen molar-refractivity contribution in [2.45, 2.75) is 55.4 Å². The van der Waals surface area contributed by atoms with E-state index in [4.69, 9.17) is 14.7 Å². The molecule has 1 atom stereocenters. The molecule has 0 spiro atoms. The second kappa shape index (κ2) is 9.48. The molecule has 0 saturated carbocycles. The van der Waals surface area contributed by atoms with Gasteiger partial charge in [0, 0.05) is 55.3 Å². The lowest BCUT2D eigenvalue weighted by molar-refractivity contribution is 0.0903. The molecule has 6 heterocycles. The minimum atomic E-state index is -1.01. The van der Waals surface area contributed by atoms with Gasteiger partial charge in [-0.3, -0.25) is 5.10 Å². The fourth-order valence-electron chi connectivity index (χ4n) is 5.11. The molecule has 4 aliphatic heterocycles. The molecule has 2 fully saturated rings. The predicted molar refractivity (Wildman–Crippen MR) is 132 cm³/mol. The van der Waals surface area contributed by atoms with Gasteiger partial charge >= 0.3 is 0 Å². The number of H-pyrrole nitrogens is 1. The molecule has 0 aromatic carbocycles. The summed E-state index contributed by atoms with van der Waals surface area (Å²) < 4.78 is 18.1. The van der Waals surface area contributed by atoms with E-state index in [0.29, 0.717) is 17.7 Å². The van der Waals surface area contributed by atoms with Crippen LogP contribution in [0.2, 0.25) is 0 Å². The second-order valence-electron chi connectivity index (χ2n) is 9.15. The van der Waals surface area contributed by atoms with E-state index < -0.39 is 11.2 Å². The number of nitrogens with zero attached hydrogens (tertiary/aromatic N) is 4. The number of aryl methyl sites for hydroxylation is 1. The summed E-state index contributed by atoms with van der Waals surface area (Å²) in [5.74, 6) is 3.82. The van der Waals surface area contributed by atoms with Crippen LogP contribution >= 0.6 is 11.8 Å². The first-order valence-electron chi connectivity index (χ1n) is 12.0. The first-order valence-corrected chi connectivity index (χ1v) is 14.3. The molecule has 176 valence electrons. The summed E-state index contributed by atoms with van der Waals surface area (Å²) in [6.07, 6.45) is 8.18. The summed E-state index contributed by atoms with van der Waals surface area (Å²) in [6, 6.07) is 2.55. The molecular formula is C23H30N6O2S2. The van der Waals surface area contributed by atoms with Crippen molar-refractivity contribution in [1.29, 1.82) is 0 Å². The SMILES string of the molecule is [O-][S+]1CCc2nc(N3CCC(c4cc(C5=CCCS5)[nH]n4)CC3)nc(NC3CCOCC3)c21. The number of hydrogen-bond donors (Lipinski definition) is 2. The number of rotatable bonds is 5. The molecule has 0 bridgehead atoms. The monoisotopic (exact) mass is 486 g/mol. The third kappa shape index (κ3) is 4.50. The molecule has 2 aromatic heterocycles. The molecule has 4 aliphatic rings. The molecule has 0 radical (unpaired) electrons. The molecule has 33 heavy (non-hydrogen) atoms. The van der Waals surface area contributed by atoms with Crippen molar-refractivity contribution in [3.63, 3.8) is 0 Å². The van der Waals surface area contributed by atoms with Crippen molar-refractivity contribution in [3.05, 3.63) is 29.2 Å². The maximum Gasteiger partial charge on any atom is 0.227 e. The van der Waals surface area contributed by atoms with Crippen molar-refractivity contribution in [3.8, 4) is 0 Å². The number of anilines is 2. The van der Waals surface area contributed by atoms with Crippen molar-refractivity contribution in [1.82, 2.24) is 20.2 Å². The Morgan fingerprint density at radius 2 is 2.03 bits per heavy atom. The zero-order valence-electron chi connectivity index (χ0n) is 18.7. The number of aromatic amines is 1.